The number of hydrogen-bond acceptors (Lipinski definition) is 5. The first-order valence-electron chi connectivity index (χ1n) is 7.36. The van der Waals surface area contributed by atoms with Gasteiger partial charge in [0, 0.05) is 0 Å². The van der Waals surface area contributed by atoms with Crippen LogP contribution in [0.5, 0.6) is 5.75 Å². The van der Waals surface area contributed by atoms with E-state index in [-0.39, 0.29) is 21.6 Å². The Hall–Kier alpha value is -1.76. The number of aromatic nitrogens is 1. The van der Waals surface area contributed by atoms with Crippen LogP contribution in [0.15, 0.2) is 23.1 Å². The number of methoxy groups -OCH3 is 1. The van der Waals surface area contributed by atoms with Gasteiger partial charge in [0.25, 0.3) is 0 Å². The van der Waals surface area contributed by atoms with Crippen LogP contribution in [0.4, 0.5) is 5.69 Å². The van der Waals surface area contributed by atoms with Crippen molar-refractivity contribution in [2.24, 2.45) is 11.7 Å². The lowest BCUT2D eigenvalue weighted by Gasteiger charge is -2.18. The topological polar surface area (TPSA) is 90.4 Å². The summed E-state index contributed by atoms with van der Waals surface area (Å²) in [7, 11) is 1.46. The molecule has 0 aliphatic heterocycles. The number of carbonyl (C=O) groups excluding carboxylic acids is 1. The maximum atomic E-state index is 12.2. The van der Waals surface area contributed by atoms with E-state index in [0.29, 0.717) is 29.4 Å². The van der Waals surface area contributed by atoms with Crippen LogP contribution >= 0.6 is 23.2 Å². The van der Waals surface area contributed by atoms with E-state index in [4.69, 9.17) is 38.1 Å². The normalized spacial score (nSPS) is 12.3. The summed E-state index contributed by atoms with van der Waals surface area (Å²) in [5.74, 6) is 0.706. The van der Waals surface area contributed by atoms with Crippen molar-refractivity contribution in [3.05, 3.63) is 28.7 Å². The summed E-state index contributed by atoms with van der Waals surface area (Å²) in [6, 6.07) is 0.938. The Labute approximate surface area is 150 Å². The molecule has 0 bridgehead atoms. The smallest absolute Gasteiger partial charge is 0.241 e. The van der Waals surface area contributed by atoms with Crippen molar-refractivity contribution in [1.29, 1.82) is 0 Å². The van der Waals surface area contributed by atoms with Crippen LogP contribution in [0, 0.1) is 5.92 Å². The minimum Gasteiger partial charge on any atom is -0.494 e. The molecular weight excluding hydrogens is 353 g/mol. The van der Waals surface area contributed by atoms with Gasteiger partial charge in [0.2, 0.25) is 5.91 Å². The van der Waals surface area contributed by atoms with E-state index in [0.717, 1.165) is 0 Å². The second-order valence-corrected chi connectivity index (χ2v) is 6.50. The molecule has 1 aromatic heterocycles. The summed E-state index contributed by atoms with van der Waals surface area (Å²) in [5, 5.41) is 3.09. The van der Waals surface area contributed by atoms with Gasteiger partial charge in [-0.25, -0.2) is 4.98 Å². The van der Waals surface area contributed by atoms with Gasteiger partial charge in [-0.1, -0.05) is 37.0 Å². The van der Waals surface area contributed by atoms with E-state index in [2.05, 4.69) is 10.3 Å². The Morgan fingerprint density at radius 1 is 1.46 bits per heavy atom. The van der Waals surface area contributed by atoms with Gasteiger partial charge in [-0.3, -0.25) is 4.79 Å². The molecule has 0 aliphatic carbocycles. The SMILES string of the molecule is COc1c(-c2cnco2)cc(Cl)c(NC(=O)C(N)CC(C)C)c1Cl. The molecule has 0 spiro atoms. The summed E-state index contributed by atoms with van der Waals surface area (Å²) >= 11 is 12.6. The molecule has 0 aliphatic rings. The van der Waals surface area contributed by atoms with E-state index >= 15 is 0 Å². The summed E-state index contributed by atoms with van der Waals surface area (Å²) < 4.78 is 10.6. The van der Waals surface area contributed by atoms with E-state index in [1.165, 1.54) is 19.7 Å². The third-order valence-corrected chi connectivity index (χ3v) is 4.04. The first-order valence-corrected chi connectivity index (χ1v) is 8.12. The maximum Gasteiger partial charge on any atom is 0.241 e. The molecule has 1 aromatic carbocycles. The largest absolute Gasteiger partial charge is 0.494 e. The van der Waals surface area contributed by atoms with Crippen LogP contribution < -0.4 is 15.8 Å². The summed E-state index contributed by atoms with van der Waals surface area (Å²) in [6.45, 7) is 3.98. The number of hydrogen-bond donors (Lipinski definition) is 2. The number of nitrogens with one attached hydrogen (secondary N) is 1. The van der Waals surface area contributed by atoms with Gasteiger partial charge in [0.05, 0.1) is 35.6 Å². The Kier molecular flexibility index (Phi) is 6.10. The monoisotopic (exact) mass is 371 g/mol. The molecule has 0 saturated carbocycles. The molecule has 8 heteroatoms. The van der Waals surface area contributed by atoms with Gasteiger partial charge in [-0.15, -0.1) is 0 Å². The lowest BCUT2D eigenvalue weighted by molar-refractivity contribution is -0.117. The van der Waals surface area contributed by atoms with Crippen molar-refractivity contribution in [1.82, 2.24) is 4.98 Å². The number of amides is 1. The van der Waals surface area contributed by atoms with Crippen LogP contribution in [-0.2, 0) is 4.79 Å². The zero-order valence-electron chi connectivity index (χ0n) is 13.6. The average Bonchev–Trinajstić information content (AvgIpc) is 3.04. The highest BCUT2D eigenvalue weighted by Crippen LogP contribution is 2.45. The fourth-order valence-corrected chi connectivity index (χ4v) is 2.91. The number of oxazole rings is 1. The van der Waals surface area contributed by atoms with Gasteiger partial charge in [0.15, 0.2) is 17.9 Å². The Balaban J connectivity index is 2.37. The Morgan fingerprint density at radius 2 is 2.17 bits per heavy atom. The fraction of sp³-hybridized carbons (Fsp3) is 0.375. The number of carbonyl (C=O) groups is 1. The van der Waals surface area contributed by atoms with Crippen LogP contribution in [-0.4, -0.2) is 24.0 Å². The van der Waals surface area contributed by atoms with Crippen LogP contribution in [0.2, 0.25) is 10.0 Å². The molecule has 24 heavy (non-hydrogen) atoms. The van der Waals surface area contributed by atoms with Gasteiger partial charge in [-0.2, -0.15) is 0 Å². The van der Waals surface area contributed by atoms with Crippen molar-refractivity contribution in [2.75, 3.05) is 12.4 Å². The van der Waals surface area contributed by atoms with Gasteiger partial charge >= 0.3 is 0 Å². The lowest BCUT2D eigenvalue weighted by Crippen LogP contribution is -2.36. The molecule has 0 saturated heterocycles. The molecule has 2 aromatic rings. The van der Waals surface area contributed by atoms with Crippen LogP contribution in [0.25, 0.3) is 11.3 Å². The number of rotatable bonds is 6. The Morgan fingerprint density at radius 3 is 2.71 bits per heavy atom. The number of halogens is 2. The lowest BCUT2D eigenvalue weighted by atomic mass is 10.0. The number of ether oxygens (including phenoxy) is 1. The quantitative estimate of drug-likeness (QED) is 0.801. The number of benzene rings is 1. The fourth-order valence-electron chi connectivity index (χ4n) is 2.28. The minimum atomic E-state index is -0.655. The highest BCUT2D eigenvalue weighted by molar-refractivity contribution is 6.41. The predicted molar refractivity (Wildman–Crippen MR) is 94.6 cm³/mol. The molecule has 2 rings (SSSR count). The molecule has 6 nitrogen and oxygen atoms in total. The van der Waals surface area contributed by atoms with Crippen LogP contribution in [0.1, 0.15) is 20.3 Å². The van der Waals surface area contributed by atoms with Crippen molar-refractivity contribution < 1.29 is 13.9 Å². The molecule has 1 unspecified atom stereocenters. The van der Waals surface area contributed by atoms with Gasteiger partial charge in [-0.05, 0) is 18.4 Å². The number of anilines is 1. The van der Waals surface area contributed by atoms with Crippen molar-refractivity contribution in [3.63, 3.8) is 0 Å². The third-order valence-electron chi connectivity index (χ3n) is 3.39. The summed E-state index contributed by atoms with van der Waals surface area (Å²) in [5.41, 5.74) is 6.68. The highest BCUT2D eigenvalue weighted by atomic mass is 35.5. The summed E-state index contributed by atoms with van der Waals surface area (Å²) in [4.78, 5) is 16.1. The predicted octanol–water partition coefficient (Wildman–Crippen LogP) is 3.97. The maximum absolute atomic E-state index is 12.2. The standard InChI is InChI=1S/C16H19Cl2N3O3/c1-8(2)4-11(19)16(22)21-14-10(17)5-9(12-6-20-7-24-12)15(23-3)13(14)18/h5-8,11H,4,19H2,1-3H3,(H,21,22). The first-order chi connectivity index (χ1) is 11.3. The van der Waals surface area contributed by atoms with E-state index in [9.17, 15) is 4.79 Å². The second kappa shape index (κ2) is 7.88. The van der Waals surface area contributed by atoms with Gasteiger partial charge < -0.3 is 20.2 Å². The van der Waals surface area contributed by atoms with Gasteiger partial charge in [0.1, 0.15) is 5.02 Å². The van der Waals surface area contributed by atoms with Crippen LogP contribution in [0.3, 0.4) is 0 Å². The molecular formula is C16H19Cl2N3O3. The summed E-state index contributed by atoms with van der Waals surface area (Å²) in [6.07, 6.45) is 3.35. The third kappa shape index (κ3) is 4.01. The van der Waals surface area contributed by atoms with Crippen molar-refractivity contribution in [2.45, 2.75) is 26.3 Å². The zero-order valence-corrected chi connectivity index (χ0v) is 15.1. The Bertz CT molecular complexity index is 718. The van der Waals surface area contributed by atoms with Crippen molar-refractivity contribution in [3.8, 4) is 17.1 Å². The van der Waals surface area contributed by atoms with E-state index in [1.54, 1.807) is 6.07 Å². The van der Waals surface area contributed by atoms with E-state index < -0.39 is 6.04 Å². The molecule has 0 fully saturated rings. The molecule has 3 N–H and O–H groups in total. The van der Waals surface area contributed by atoms with E-state index in [1.807, 2.05) is 13.8 Å². The molecule has 1 heterocycles. The molecule has 0 radical (unpaired) electrons. The molecule has 1 amide bonds. The first kappa shape index (κ1) is 18.6. The molecule has 130 valence electrons. The number of nitrogens with two attached hydrogens (primary N) is 1. The van der Waals surface area contributed by atoms with Crippen molar-refractivity contribution >= 4 is 34.8 Å². The second-order valence-electron chi connectivity index (χ2n) is 5.72. The average molecular weight is 372 g/mol. The zero-order chi connectivity index (χ0) is 17.9. The minimum absolute atomic E-state index is 0.168. The highest BCUT2D eigenvalue weighted by Gasteiger charge is 2.23. The molecule has 1 atom stereocenters. The number of nitrogens with zero attached hydrogens (tertiary/aromatic N) is 1.